The van der Waals surface area contributed by atoms with Crippen LogP contribution >= 0.6 is 0 Å². The molecule has 0 heterocycles. The fourth-order valence-electron chi connectivity index (χ4n) is 4.53. The van der Waals surface area contributed by atoms with Crippen LogP contribution in [0.4, 0.5) is 8.78 Å². The van der Waals surface area contributed by atoms with E-state index in [9.17, 15) is 13.0 Å². The second-order valence-electron chi connectivity index (χ2n) is 7.72. The molecule has 1 aliphatic carbocycles. The summed E-state index contributed by atoms with van der Waals surface area (Å²) >= 11 is 0. The molecule has 0 radical (unpaired) electrons. The molecule has 25 heavy (non-hydrogen) atoms. The molecule has 1 nitrogen and oxygen atoms in total. The maximum atomic E-state index is 14.9. The predicted octanol–water partition coefficient (Wildman–Crippen LogP) is 5.35. The SMILES string of the molecule is CCC1(S(C)(C)(=O)c2ccc(C)cc2)CCCc2c(F)ccc(F)c21. The quantitative estimate of drug-likeness (QED) is 0.717. The van der Waals surface area contributed by atoms with Crippen LogP contribution in [-0.2, 0) is 20.2 Å². The van der Waals surface area contributed by atoms with Crippen molar-refractivity contribution < 1.29 is 13.0 Å². The number of aryl methyl sites for hydroxylation is 1. The van der Waals surface area contributed by atoms with Crippen molar-refractivity contribution in [3.8, 4) is 0 Å². The number of fused-ring (bicyclic) bond motifs is 1. The van der Waals surface area contributed by atoms with Crippen LogP contribution in [-0.4, -0.2) is 16.7 Å². The molecule has 0 saturated heterocycles. The minimum Gasteiger partial charge on any atom is -0.277 e. The number of hydrogen-bond donors (Lipinski definition) is 0. The molecule has 0 spiro atoms. The summed E-state index contributed by atoms with van der Waals surface area (Å²) < 4.78 is 43.0. The van der Waals surface area contributed by atoms with E-state index in [1.54, 1.807) is 12.5 Å². The third-order valence-electron chi connectivity index (χ3n) is 6.08. The van der Waals surface area contributed by atoms with Crippen LogP contribution in [0.1, 0.15) is 42.9 Å². The van der Waals surface area contributed by atoms with Crippen LogP contribution in [0.15, 0.2) is 41.3 Å². The highest BCUT2D eigenvalue weighted by Crippen LogP contribution is 2.57. The smallest absolute Gasteiger partial charge is 0.128 e. The standard InChI is InChI=1S/C21H26F2OS/c1-5-21(25(3,4,24)16-10-8-15(2)9-11-16)14-6-7-17-18(22)12-13-19(23)20(17)21/h8-13H,5-7,14H2,1-4H3. The molecule has 136 valence electrons. The highest BCUT2D eigenvalue weighted by molar-refractivity contribution is 8.19. The normalized spacial score (nSPS) is 22.1. The number of hydrogen-bond acceptors (Lipinski definition) is 1. The van der Waals surface area contributed by atoms with Gasteiger partial charge < -0.3 is 0 Å². The van der Waals surface area contributed by atoms with Gasteiger partial charge in [-0.2, -0.15) is 0 Å². The predicted molar refractivity (Wildman–Crippen MR) is 101 cm³/mol. The van der Waals surface area contributed by atoms with E-state index >= 15 is 0 Å². The Morgan fingerprint density at radius 2 is 1.64 bits per heavy atom. The summed E-state index contributed by atoms with van der Waals surface area (Å²) in [6.07, 6.45) is 5.83. The van der Waals surface area contributed by atoms with Gasteiger partial charge in [-0.25, -0.2) is 8.78 Å². The van der Waals surface area contributed by atoms with E-state index < -0.39 is 19.6 Å². The highest BCUT2D eigenvalue weighted by Gasteiger charge is 2.54. The summed E-state index contributed by atoms with van der Waals surface area (Å²) in [4.78, 5) is 0.723. The molecule has 4 heteroatoms. The number of benzene rings is 2. The molecule has 0 bridgehead atoms. The van der Waals surface area contributed by atoms with Crippen molar-refractivity contribution in [3.63, 3.8) is 0 Å². The molecule has 0 amide bonds. The second kappa shape index (κ2) is 5.73. The second-order valence-corrected chi connectivity index (χ2v) is 12.6. The van der Waals surface area contributed by atoms with E-state index in [4.69, 9.17) is 0 Å². The lowest BCUT2D eigenvalue weighted by molar-refractivity contribution is 0.422. The molecule has 0 N–H and O–H groups in total. The average molecular weight is 365 g/mol. The molecule has 0 fully saturated rings. The Morgan fingerprint density at radius 1 is 1.04 bits per heavy atom. The van der Waals surface area contributed by atoms with Gasteiger partial charge >= 0.3 is 0 Å². The van der Waals surface area contributed by atoms with Crippen LogP contribution in [0.2, 0.25) is 0 Å². The molecule has 2 aromatic rings. The van der Waals surface area contributed by atoms with E-state index in [-0.39, 0.29) is 5.82 Å². The van der Waals surface area contributed by atoms with E-state index in [2.05, 4.69) is 0 Å². The van der Waals surface area contributed by atoms with Crippen molar-refractivity contribution in [1.29, 1.82) is 0 Å². The van der Waals surface area contributed by atoms with Gasteiger partial charge in [-0.3, -0.25) is 4.21 Å². The molecule has 2 aromatic carbocycles. The first-order valence-corrected chi connectivity index (χ1v) is 11.6. The fourth-order valence-corrected chi connectivity index (χ4v) is 8.30. The largest absolute Gasteiger partial charge is 0.277 e. The zero-order valence-corrected chi connectivity index (χ0v) is 16.2. The average Bonchev–Trinajstić information content (AvgIpc) is 2.57. The number of halogens is 2. The Balaban J connectivity index is 2.36. The first-order valence-electron chi connectivity index (χ1n) is 8.77. The summed E-state index contributed by atoms with van der Waals surface area (Å²) in [5, 5.41) is 0. The van der Waals surface area contributed by atoms with Crippen molar-refractivity contribution >= 4 is 9.07 Å². The zero-order chi connectivity index (χ0) is 18.5. The van der Waals surface area contributed by atoms with Crippen LogP contribution in [0.3, 0.4) is 0 Å². The number of rotatable bonds is 3. The Hall–Kier alpha value is -1.55. The molecular weight excluding hydrogens is 338 g/mol. The van der Waals surface area contributed by atoms with Gasteiger partial charge in [-0.15, -0.1) is 0 Å². The molecular formula is C21H26F2OS. The van der Waals surface area contributed by atoms with Crippen molar-refractivity contribution in [2.24, 2.45) is 0 Å². The van der Waals surface area contributed by atoms with Crippen LogP contribution in [0.25, 0.3) is 0 Å². The van der Waals surface area contributed by atoms with Gasteiger partial charge in [0.1, 0.15) is 11.6 Å². The van der Waals surface area contributed by atoms with Gasteiger partial charge in [0.25, 0.3) is 0 Å². The van der Waals surface area contributed by atoms with Gasteiger partial charge in [-0.05, 0) is 74.9 Å². The summed E-state index contributed by atoms with van der Waals surface area (Å²) in [6.45, 7) is 3.92. The van der Waals surface area contributed by atoms with Gasteiger partial charge in [-0.1, -0.05) is 33.7 Å². The fraction of sp³-hybridized carbons (Fsp3) is 0.429. The first kappa shape index (κ1) is 18.2. The zero-order valence-electron chi connectivity index (χ0n) is 15.4. The summed E-state index contributed by atoms with van der Waals surface area (Å²) in [5.41, 5.74) is 1.82. The van der Waals surface area contributed by atoms with Gasteiger partial charge in [0.05, 0.1) is 4.75 Å². The highest BCUT2D eigenvalue weighted by atomic mass is 32.3. The minimum absolute atomic E-state index is 0.337. The van der Waals surface area contributed by atoms with E-state index in [0.717, 1.165) is 10.5 Å². The summed E-state index contributed by atoms with van der Waals surface area (Å²) in [6, 6.07) is 10.0. The van der Waals surface area contributed by atoms with Crippen molar-refractivity contribution in [1.82, 2.24) is 0 Å². The Morgan fingerprint density at radius 3 is 2.24 bits per heavy atom. The van der Waals surface area contributed by atoms with Gasteiger partial charge in [0, 0.05) is 10.5 Å². The molecule has 0 aromatic heterocycles. The van der Waals surface area contributed by atoms with Gasteiger partial charge in [0.15, 0.2) is 0 Å². The maximum absolute atomic E-state index is 14.9. The molecule has 0 saturated carbocycles. The molecule has 3 rings (SSSR count). The molecule has 1 atom stereocenters. The van der Waals surface area contributed by atoms with Gasteiger partial charge in [0.2, 0.25) is 0 Å². The summed E-state index contributed by atoms with van der Waals surface area (Å²) in [7, 11) is -3.51. The molecule has 1 unspecified atom stereocenters. The topological polar surface area (TPSA) is 17.1 Å². The lowest BCUT2D eigenvalue weighted by Gasteiger charge is -2.55. The van der Waals surface area contributed by atoms with Crippen molar-refractivity contribution in [3.05, 3.63) is 64.7 Å². The first-order chi connectivity index (χ1) is 11.6. The van der Waals surface area contributed by atoms with Crippen molar-refractivity contribution in [2.75, 3.05) is 12.5 Å². The van der Waals surface area contributed by atoms with E-state index in [1.165, 1.54) is 12.1 Å². The maximum Gasteiger partial charge on any atom is 0.128 e. The van der Waals surface area contributed by atoms with E-state index in [0.29, 0.717) is 36.8 Å². The Labute approximate surface area is 148 Å². The third-order valence-corrected chi connectivity index (χ3v) is 10.7. The summed E-state index contributed by atoms with van der Waals surface area (Å²) in [5.74, 6) is -0.825. The molecule has 0 aliphatic heterocycles. The third kappa shape index (κ3) is 2.49. The van der Waals surface area contributed by atoms with E-state index in [1.807, 2.05) is 38.1 Å². The molecule has 1 aliphatic rings. The van der Waals surface area contributed by atoms with Crippen molar-refractivity contribution in [2.45, 2.75) is 49.2 Å². The van der Waals surface area contributed by atoms with Crippen LogP contribution in [0.5, 0.6) is 0 Å². The Bertz CT molecular complexity index is 880. The van der Waals surface area contributed by atoms with Crippen LogP contribution in [0, 0.1) is 18.6 Å². The lowest BCUT2D eigenvalue weighted by Crippen LogP contribution is -2.54. The Kier molecular flexibility index (Phi) is 4.18. The van der Waals surface area contributed by atoms with Crippen LogP contribution < -0.4 is 0 Å². The lowest BCUT2D eigenvalue weighted by atomic mass is 9.80. The monoisotopic (exact) mass is 364 g/mol. The minimum atomic E-state index is -3.51.